The highest BCUT2D eigenvalue weighted by Gasteiger charge is 2.19. The lowest BCUT2D eigenvalue weighted by atomic mass is 9.96. The Bertz CT molecular complexity index is 717. The highest BCUT2D eigenvalue weighted by atomic mass is 16.3. The molecule has 134 valence electrons. The molecule has 0 unspecified atom stereocenters. The SMILES string of the molecule is C[C@H](O)c1ccc2c(c1)CCN(c1cc(NCCN(C)C)ncn1)C2. The van der Waals surface area contributed by atoms with E-state index < -0.39 is 6.10 Å². The molecule has 0 amide bonds. The van der Waals surface area contributed by atoms with Crippen molar-refractivity contribution in [3.05, 3.63) is 47.3 Å². The van der Waals surface area contributed by atoms with Crippen LogP contribution in [0.15, 0.2) is 30.6 Å². The molecule has 6 nitrogen and oxygen atoms in total. The summed E-state index contributed by atoms with van der Waals surface area (Å²) in [6.07, 6.45) is 2.17. The van der Waals surface area contributed by atoms with Crippen molar-refractivity contribution in [2.24, 2.45) is 0 Å². The third kappa shape index (κ3) is 4.46. The Morgan fingerprint density at radius 1 is 1.24 bits per heavy atom. The minimum absolute atomic E-state index is 0.416. The molecule has 0 fully saturated rings. The predicted octanol–water partition coefficient (Wildman–Crippen LogP) is 2.07. The molecule has 0 saturated heterocycles. The van der Waals surface area contributed by atoms with Crippen LogP contribution in [0.1, 0.15) is 29.7 Å². The molecule has 1 aliphatic rings. The molecule has 25 heavy (non-hydrogen) atoms. The summed E-state index contributed by atoms with van der Waals surface area (Å²) in [4.78, 5) is 13.2. The van der Waals surface area contributed by atoms with Gasteiger partial charge in [0.1, 0.15) is 18.0 Å². The van der Waals surface area contributed by atoms with Crippen LogP contribution in [0.25, 0.3) is 0 Å². The van der Waals surface area contributed by atoms with Gasteiger partial charge in [-0.1, -0.05) is 18.2 Å². The van der Waals surface area contributed by atoms with Crippen molar-refractivity contribution in [2.75, 3.05) is 43.9 Å². The minimum Gasteiger partial charge on any atom is -0.389 e. The highest BCUT2D eigenvalue weighted by Crippen LogP contribution is 2.26. The maximum Gasteiger partial charge on any atom is 0.134 e. The van der Waals surface area contributed by atoms with Crippen LogP contribution in [0, 0.1) is 0 Å². The zero-order valence-corrected chi connectivity index (χ0v) is 15.2. The molecule has 1 aromatic carbocycles. The summed E-state index contributed by atoms with van der Waals surface area (Å²) >= 11 is 0. The van der Waals surface area contributed by atoms with Crippen molar-refractivity contribution >= 4 is 11.6 Å². The summed E-state index contributed by atoms with van der Waals surface area (Å²) in [7, 11) is 4.11. The lowest BCUT2D eigenvalue weighted by Crippen LogP contribution is -2.31. The molecule has 2 heterocycles. The molecule has 6 heteroatoms. The van der Waals surface area contributed by atoms with E-state index in [1.54, 1.807) is 6.33 Å². The molecule has 0 spiro atoms. The van der Waals surface area contributed by atoms with Crippen LogP contribution in [-0.2, 0) is 13.0 Å². The quantitative estimate of drug-likeness (QED) is 0.839. The van der Waals surface area contributed by atoms with E-state index >= 15 is 0 Å². The molecule has 0 saturated carbocycles. The van der Waals surface area contributed by atoms with Gasteiger partial charge < -0.3 is 20.2 Å². The molecule has 2 N–H and O–H groups in total. The molecule has 0 radical (unpaired) electrons. The van der Waals surface area contributed by atoms with Gasteiger partial charge in [-0.15, -0.1) is 0 Å². The number of aliphatic hydroxyl groups is 1. The maximum absolute atomic E-state index is 9.75. The fourth-order valence-corrected chi connectivity index (χ4v) is 3.05. The first-order chi connectivity index (χ1) is 12.0. The van der Waals surface area contributed by atoms with Gasteiger partial charge in [0.05, 0.1) is 6.10 Å². The second-order valence-corrected chi connectivity index (χ2v) is 6.87. The van der Waals surface area contributed by atoms with Gasteiger partial charge in [-0.2, -0.15) is 0 Å². The van der Waals surface area contributed by atoms with Crippen LogP contribution >= 0.6 is 0 Å². The second-order valence-electron chi connectivity index (χ2n) is 6.87. The largest absolute Gasteiger partial charge is 0.389 e. The monoisotopic (exact) mass is 341 g/mol. The Balaban J connectivity index is 1.69. The molecule has 3 rings (SSSR count). The third-order valence-corrected chi connectivity index (χ3v) is 4.57. The number of fused-ring (bicyclic) bond motifs is 1. The Hall–Kier alpha value is -2.18. The standard InChI is InChI=1S/C19H27N5O/c1-14(25)15-4-5-17-12-24(8-6-16(17)10-15)19-11-18(21-13-22-19)20-7-9-23(2)3/h4-5,10-11,13-14,25H,6-9,12H2,1-3H3,(H,20,21,22)/t14-/m0/s1. The number of nitrogens with zero attached hydrogens (tertiary/aromatic N) is 4. The molecule has 1 atom stereocenters. The van der Waals surface area contributed by atoms with Crippen LogP contribution in [-0.4, -0.2) is 53.7 Å². The zero-order chi connectivity index (χ0) is 17.8. The first-order valence-corrected chi connectivity index (χ1v) is 8.78. The summed E-state index contributed by atoms with van der Waals surface area (Å²) in [6.45, 7) is 5.38. The third-order valence-electron chi connectivity index (χ3n) is 4.57. The predicted molar refractivity (Wildman–Crippen MR) is 101 cm³/mol. The number of aromatic nitrogens is 2. The van der Waals surface area contributed by atoms with Gasteiger partial charge in [0, 0.05) is 32.2 Å². The second kappa shape index (κ2) is 7.80. The number of benzene rings is 1. The van der Waals surface area contributed by atoms with E-state index in [2.05, 4.69) is 51.3 Å². The van der Waals surface area contributed by atoms with Gasteiger partial charge in [-0.3, -0.25) is 0 Å². The Labute approximate surface area is 149 Å². The van der Waals surface area contributed by atoms with E-state index in [0.29, 0.717) is 0 Å². The van der Waals surface area contributed by atoms with Crippen LogP contribution in [0.4, 0.5) is 11.6 Å². The lowest BCUT2D eigenvalue weighted by molar-refractivity contribution is 0.199. The molecule has 2 aromatic rings. The molecular weight excluding hydrogens is 314 g/mol. The van der Waals surface area contributed by atoms with Gasteiger partial charge in [-0.05, 0) is 44.1 Å². The molecular formula is C19H27N5O. The first kappa shape index (κ1) is 17.6. The smallest absolute Gasteiger partial charge is 0.134 e. The average molecular weight is 341 g/mol. The van der Waals surface area contributed by atoms with E-state index in [9.17, 15) is 5.11 Å². The van der Waals surface area contributed by atoms with Crippen molar-refractivity contribution < 1.29 is 5.11 Å². The van der Waals surface area contributed by atoms with Gasteiger partial charge in [0.15, 0.2) is 0 Å². The van der Waals surface area contributed by atoms with Crippen molar-refractivity contribution in [3.63, 3.8) is 0 Å². The number of aliphatic hydroxyl groups excluding tert-OH is 1. The summed E-state index contributed by atoms with van der Waals surface area (Å²) in [5, 5.41) is 13.1. The number of rotatable bonds is 6. The number of hydrogen-bond acceptors (Lipinski definition) is 6. The molecule has 0 aliphatic carbocycles. The molecule has 0 bridgehead atoms. The first-order valence-electron chi connectivity index (χ1n) is 8.78. The van der Waals surface area contributed by atoms with Gasteiger partial charge >= 0.3 is 0 Å². The number of anilines is 2. The van der Waals surface area contributed by atoms with Crippen molar-refractivity contribution in [1.82, 2.24) is 14.9 Å². The van der Waals surface area contributed by atoms with Crippen molar-refractivity contribution in [3.8, 4) is 0 Å². The summed E-state index contributed by atoms with van der Waals surface area (Å²) in [5.41, 5.74) is 3.62. The summed E-state index contributed by atoms with van der Waals surface area (Å²) in [5.74, 6) is 1.81. The van der Waals surface area contributed by atoms with Gasteiger partial charge in [-0.25, -0.2) is 9.97 Å². The highest BCUT2D eigenvalue weighted by molar-refractivity contribution is 5.51. The van der Waals surface area contributed by atoms with E-state index in [0.717, 1.165) is 49.8 Å². The van der Waals surface area contributed by atoms with Crippen LogP contribution in [0.3, 0.4) is 0 Å². The Morgan fingerprint density at radius 2 is 2.08 bits per heavy atom. The fraction of sp³-hybridized carbons (Fsp3) is 0.474. The molecule has 1 aliphatic heterocycles. The normalized spacial score (nSPS) is 15.2. The number of hydrogen-bond donors (Lipinski definition) is 2. The van der Waals surface area contributed by atoms with Crippen LogP contribution in [0.5, 0.6) is 0 Å². The number of nitrogens with one attached hydrogen (secondary N) is 1. The number of likely N-dealkylation sites (N-methyl/N-ethyl adjacent to an activating group) is 1. The minimum atomic E-state index is -0.416. The van der Waals surface area contributed by atoms with E-state index in [4.69, 9.17) is 0 Å². The Kier molecular flexibility index (Phi) is 5.50. The molecule has 1 aromatic heterocycles. The summed E-state index contributed by atoms with van der Waals surface area (Å²) in [6, 6.07) is 8.29. The van der Waals surface area contributed by atoms with E-state index in [1.807, 2.05) is 19.1 Å². The van der Waals surface area contributed by atoms with E-state index in [1.165, 1.54) is 11.1 Å². The fourth-order valence-electron chi connectivity index (χ4n) is 3.05. The zero-order valence-electron chi connectivity index (χ0n) is 15.2. The maximum atomic E-state index is 9.75. The summed E-state index contributed by atoms with van der Waals surface area (Å²) < 4.78 is 0. The topological polar surface area (TPSA) is 64.5 Å². The Morgan fingerprint density at radius 3 is 2.84 bits per heavy atom. The van der Waals surface area contributed by atoms with Crippen molar-refractivity contribution in [1.29, 1.82) is 0 Å². The van der Waals surface area contributed by atoms with Crippen LogP contribution < -0.4 is 10.2 Å². The van der Waals surface area contributed by atoms with Gasteiger partial charge in [0.2, 0.25) is 0 Å². The van der Waals surface area contributed by atoms with Crippen molar-refractivity contribution in [2.45, 2.75) is 26.0 Å². The van der Waals surface area contributed by atoms with E-state index in [-0.39, 0.29) is 0 Å². The van der Waals surface area contributed by atoms with Gasteiger partial charge in [0.25, 0.3) is 0 Å². The average Bonchev–Trinajstić information content (AvgIpc) is 2.60. The lowest BCUT2D eigenvalue weighted by Gasteiger charge is -2.30. The van der Waals surface area contributed by atoms with Crippen LogP contribution in [0.2, 0.25) is 0 Å².